The fraction of sp³-hybridized carbons (Fsp3) is 0.417. The van der Waals surface area contributed by atoms with Crippen molar-refractivity contribution in [3.8, 4) is 11.5 Å². The second-order valence-corrected chi connectivity index (χ2v) is 7.09. The topological polar surface area (TPSA) is 93.1 Å². The number of benzene rings is 2. The number of aromatic hydroxyl groups is 2. The molecule has 0 saturated heterocycles. The molecule has 0 spiro atoms. The van der Waals surface area contributed by atoms with Crippen LogP contribution in [-0.4, -0.2) is 36.4 Å². The summed E-state index contributed by atoms with van der Waals surface area (Å²) in [7, 11) is 2.75. The zero-order valence-electron chi connectivity index (χ0n) is 16.7. The fourth-order valence-electron chi connectivity index (χ4n) is 2.53. The molecular formula is C24H35BrO6. The van der Waals surface area contributed by atoms with E-state index in [2.05, 4.69) is 25.4 Å². The van der Waals surface area contributed by atoms with E-state index >= 15 is 0 Å². The summed E-state index contributed by atoms with van der Waals surface area (Å²) in [5, 5.41) is 19.1. The molecule has 6 nitrogen and oxygen atoms in total. The highest BCUT2D eigenvalue weighted by Gasteiger charge is 2.06. The van der Waals surface area contributed by atoms with Gasteiger partial charge in [0.1, 0.15) is 11.5 Å². The first kappa shape index (κ1) is 30.7. The number of esters is 2. The van der Waals surface area contributed by atoms with Crippen LogP contribution in [0.4, 0.5) is 0 Å². The number of carbonyl (C=O) groups is 2. The van der Waals surface area contributed by atoms with E-state index in [-0.39, 0.29) is 38.3 Å². The second-order valence-electron chi connectivity index (χ2n) is 6.24. The maximum atomic E-state index is 10.9. The Bertz CT molecular complexity index is 791. The van der Waals surface area contributed by atoms with Crippen molar-refractivity contribution in [1.82, 2.24) is 0 Å². The standard InChI is InChI=1S/C11H13BrO3.C11H14O3.2CH4/c1-15-10(13)7-3-5-8-4-2-6-9(12)11(8)14;1-14-11(13)8-4-6-9-5-2-3-7-10(9)12;;/h2,4,6,14H,3,5,7H2,1H3;2-3,5,7,12H,4,6,8H2,1H3;2*1H4. The van der Waals surface area contributed by atoms with Gasteiger partial charge in [0, 0.05) is 12.8 Å². The van der Waals surface area contributed by atoms with E-state index < -0.39 is 0 Å². The number of phenolic OH excluding ortho intramolecular Hbond substituents is 2. The van der Waals surface area contributed by atoms with Gasteiger partial charge in [0.05, 0.1) is 18.7 Å². The number of para-hydroxylation sites is 2. The highest BCUT2D eigenvalue weighted by Crippen LogP contribution is 2.28. The molecule has 31 heavy (non-hydrogen) atoms. The first-order chi connectivity index (χ1) is 13.9. The first-order valence-electron chi connectivity index (χ1n) is 9.25. The molecule has 2 aromatic carbocycles. The zero-order valence-corrected chi connectivity index (χ0v) is 18.3. The molecule has 7 heteroatoms. The Kier molecular flexibility index (Phi) is 17.0. The number of hydrogen-bond donors (Lipinski definition) is 2. The molecule has 0 unspecified atom stereocenters. The monoisotopic (exact) mass is 498 g/mol. The summed E-state index contributed by atoms with van der Waals surface area (Å²) in [5.41, 5.74) is 1.71. The molecule has 2 N–H and O–H groups in total. The summed E-state index contributed by atoms with van der Waals surface area (Å²) in [6.07, 6.45) is 3.51. The van der Waals surface area contributed by atoms with Crippen molar-refractivity contribution < 1.29 is 29.3 Å². The summed E-state index contributed by atoms with van der Waals surface area (Å²) in [6, 6.07) is 12.6. The van der Waals surface area contributed by atoms with Gasteiger partial charge in [-0.3, -0.25) is 9.59 Å². The summed E-state index contributed by atoms with van der Waals surface area (Å²) in [6.45, 7) is 0. The van der Waals surface area contributed by atoms with Crippen LogP contribution >= 0.6 is 15.9 Å². The molecule has 0 aliphatic heterocycles. The Morgan fingerprint density at radius 2 is 1.29 bits per heavy atom. The maximum Gasteiger partial charge on any atom is 0.305 e. The Morgan fingerprint density at radius 3 is 1.81 bits per heavy atom. The van der Waals surface area contributed by atoms with Crippen molar-refractivity contribution in [2.45, 2.75) is 53.4 Å². The SMILES string of the molecule is C.C.COC(=O)CCCc1cccc(Br)c1O.COC(=O)CCCc1ccccc1O. The van der Waals surface area contributed by atoms with Crippen LogP contribution in [0.5, 0.6) is 11.5 Å². The third-order valence-corrected chi connectivity index (χ3v) is 4.81. The third-order valence-electron chi connectivity index (χ3n) is 4.17. The lowest BCUT2D eigenvalue weighted by Crippen LogP contribution is -2.00. The number of ether oxygens (including phenoxy) is 2. The average Bonchev–Trinajstić information content (AvgIpc) is 2.72. The van der Waals surface area contributed by atoms with E-state index in [9.17, 15) is 19.8 Å². The van der Waals surface area contributed by atoms with Crippen LogP contribution in [0.1, 0.15) is 51.7 Å². The molecule has 0 aliphatic rings. The number of hydrogen-bond acceptors (Lipinski definition) is 6. The summed E-state index contributed by atoms with van der Waals surface area (Å²) in [4.78, 5) is 21.7. The second kappa shape index (κ2) is 17.2. The Labute approximate surface area is 194 Å². The zero-order chi connectivity index (χ0) is 21.6. The van der Waals surface area contributed by atoms with Crippen LogP contribution in [0.15, 0.2) is 46.9 Å². The largest absolute Gasteiger partial charge is 0.508 e. The van der Waals surface area contributed by atoms with E-state index in [4.69, 9.17) is 0 Å². The predicted octanol–water partition coefficient (Wildman–Crippen LogP) is 5.81. The van der Waals surface area contributed by atoms with Crippen molar-refractivity contribution in [2.24, 2.45) is 0 Å². The van der Waals surface area contributed by atoms with E-state index in [1.54, 1.807) is 18.2 Å². The van der Waals surface area contributed by atoms with Crippen LogP contribution in [0, 0.1) is 0 Å². The normalized spacial score (nSPS) is 9.26. The molecule has 2 rings (SSSR count). The van der Waals surface area contributed by atoms with Gasteiger partial charge in [0.25, 0.3) is 0 Å². The fourth-order valence-corrected chi connectivity index (χ4v) is 2.94. The maximum absolute atomic E-state index is 10.9. The molecule has 0 atom stereocenters. The number of aryl methyl sites for hydroxylation is 2. The van der Waals surface area contributed by atoms with Crippen molar-refractivity contribution >= 4 is 27.9 Å². The number of phenols is 2. The lowest BCUT2D eigenvalue weighted by molar-refractivity contribution is -0.141. The molecule has 0 saturated carbocycles. The number of halogens is 1. The predicted molar refractivity (Wildman–Crippen MR) is 127 cm³/mol. The number of carbonyl (C=O) groups excluding carboxylic acids is 2. The van der Waals surface area contributed by atoms with Gasteiger partial charge in [-0.2, -0.15) is 0 Å². The number of methoxy groups -OCH3 is 2. The van der Waals surface area contributed by atoms with E-state index in [1.807, 2.05) is 24.3 Å². The van der Waals surface area contributed by atoms with Crippen molar-refractivity contribution in [3.63, 3.8) is 0 Å². The Balaban J connectivity index is 0. The third kappa shape index (κ3) is 12.0. The minimum atomic E-state index is -0.218. The Hall–Kier alpha value is -2.54. The lowest BCUT2D eigenvalue weighted by Gasteiger charge is -2.05. The highest BCUT2D eigenvalue weighted by molar-refractivity contribution is 9.10. The number of rotatable bonds is 8. The lowest BCUT2D eigenvalue weighted by atomic mass is 10.1. The average molecular weight is 499 g/mol. The molecule has 2 aromatic rings. The van der Waals surface area contributed by atoms with Gasteiger partial charge >= 0.3 is 11.9 Å². The van der Waals surface area contributed by atoms with Gasteiger partial charge in [0.2, 0.25) is 0 Å². The molecule has 0 amide bonds. The molecule has 0 bridgehead atoms. The first-order valence-corrected chi connectivity index (χ1v) is 10.0. The Morgan fingerprint density at radius 1 is 0.806 bits per heavy atom. The van der Waals surface area contributed by atoms with Crippen LogP contribution in [0.2, 0.25) is 0 Å². The van der Waals surface area contributed by atoms with Crippen molar-refractivity contribution in [3.05, 3.63) is 58.1 Å². The minimum Gasteiger partial charge on any atom is -0.508 e. The van der Waals surface area contributed by atoms with Gasteiger partial charge in [-0.15, -0.1) is 0 Å². The van der Waals surface area contributed by atoms with Gasteiger partial charge in [-0.25, -0.2) is 0 Å². The summed E-state index contributed by atoms with van der Waals surface area (Å²) < 4.78 is 9.73. The minimum absolute atomic E-state index is 0. The quantitative estimate of drug-likeness (QED) is 0.446. The van der Waals surface area contributed by atoms with Gasteiger partial charge in [-0.1, -0.05) is 45.2 Å². The van der Waals surface area contributed by atoms with E-state index in [0.29, 0.717) is 43.0 Å². The van der Waals surface area contributed by atoms with Crippen LogP contribution in [0.25, 0.3) is 0 Å². The molecule has 0 aromatic heterocycles. The summed E-state index contributed by atoms with van der Waals surface area (Å²) in [5.74, 6) is 0.115. The molecule has 0 heterocycles. The van der Waals surface area contributed by atoms with E-state index in [0.717, 1.165) is 11.1 Å². The molecule has 0 fully saturated rings. The van der Waals surface area contributed by atoms with Crippen LogP contribution < -0.4 is 0 Å². The van der Waals surface area contributed by atoms with Crippen LogP contribution in [0.3, 0.4) is 0 Å². The van der Waals surface area contributed by atoms with Gasteiger partial charge in [-0.05, 0) is 64.9 Å². The highest BCUT2D eigenvalue weighted by atomic mass is 79.9. The van der Waals surface area contributed by atoms with Crippen molar-refractivity contribution in [1.29, 1.82) is 0 Å². The smallest absolute Gasteiger partial charge is 0.305 e. The molecule has 174 valence electrons. The molecule has 0 radical (unpaired) electrons. The van der Waals surface area contributed by atoms with E-state index in [1.165, 1.54) is 14.2 Å². The summed E-state index contributed by atoms with van der Waals surface area (Å²) >= 11 is 3.24. The van der Waals surface area contributed by atoms with Gasteiger partial charge in [0.15, 0.2) is 0 Å². The van der Waals surface area contributed by atoms with Crippen molar-refractivity contribution in [2.75, 3.05) is 14.2 Å². The van der Waals surface area contributed by atoms with Crippen LogP contribution in [-0.2, 0) is 31.9 Å². The molecular weight excluding hydrogens is 464 g/mol. The van der Waals surface area contributed by atoms with Gasteiger partial charge < -0.3 is 19.7 Å². The molecule has 0 aliphatic carbocycles.